The Labute approximate surface area is 244 Å². The molecule has 0 fully saturated rings. The molecular weight excluding hydrogens is 551 g/mol. The molecule has 2 aliphatic carbocycles. The monoisotopic (exact) mass is 582 g/mol. The van der Waals surface area contributed by atoms with E-state index in [1.807, 2.05) is 27.0 Å². The Kier molecular flexibility index (Phi) is 8.24. The summed E-state index contributed by atoms with van der Waals surface area (Å²) in [5.41, 5.74) is 5.48. The van der Waals surface area contributed by atoms with E-state index in [9.17, 15) is 14.4 Å². The molecule has 0 spiro atoms. The van der Waals surface area contributed by atoms with Gasteiger partial charge in [-0.05, 0) is 74.9 Å². The van der Waals surface area contributed by atoms with Crippen LogP contribution >= 0.6 is 23.2 Å². The number of allylic oxidation sites excluding steroid dienone is 4. The fourth-order valence-electron chi connectivity index (χ4n) is 5.85. The second-order valence-corrected chi connectivity index (χ2v) is 11.1. The minimum absolute atomic E-state index is 0.0605. The van der Waals surface area contributed by atoms with Crippen LogP contribution in [0.3, 0.4) is 0 Å². The van der Waals surface area contributed by atoms with Gasteiger partial charge in [-0.15, -0.1) is 0 Å². The van der Waals surface area contributed by atoms with Crippen LogP contribution in [0.15, 0.2) is 52.9 Å². The lowest BCUT2D eigenvalue weighted by molar-refractivity contribution is -0.118. The van der Waals surface area contributed by atoms with E-state index in [0.29, 0.717) is 52.6 Å². The Hall–Kier alpha value is -3.29. The predicted octanol–water partition coefficient (Wildman–Crippen LogP) is 6.76. The van der Waals surface area contributed by atoms with Crippen molar-refractivity contribution in [1.82, 2.24) is 4.90 Å². The summed E-state index contributed by atoms with van der Waals surface area (Å²) in [6.07, 6.45) is 4.06. The summed E-state index contributed by atoms with van der Waals surface area (Å²) in [5, 5.41) is 3.55. The van der Waals surface area contributed by atoms with Gasteiger partial charge in [-0.25, -0.2) is 0 Å². The number of amides is 1. The number of hydrogen-bond acceptors (Lipinski definition) is 6. The number of aryl methyl sites for hydroxylation is 1. The Morgan fingerprint density at radius 2 is 1.60 bits per heavy atom. The molecule has 0 atom stereocenters. The van der Waals surface area contributed by atoms with E-state index in [-0.39, 0.29) is 34.9 Å². The Morgan fingerprint density at radius 3 is 2.20 bits per heavy atom. The van der Waals surface area contributed by atoms with Crippen LogP contribution in [0.2, 0.25) is 10.0 Å². The van der Waals surface area contributed by atoms with Gasteiger partial charge in [0.1, 0.15) is 0 Å². The standard InChI is InChI=1S/C31H32Cl2N2O5/c1-4-39-26-14-18(13-21(33)31(26)40-16-27(38)34-19-12-11-17(2)20(32)15-19)28-29-22(7-5-9-24(29)36)35(3)23-8-6-10-25(37)30(23)28/h11-15,28H,4-10,16H2,1-3H3,(H,34,38). The number of Topliss-reactive ketones (excluding diaryl/α,β-unsaturated/α-hetero) is 2. The third-order valence-corrected chi connectivity index (χ3v) is 8.40. The number of anilines is 1. The molecule has 0 radical (unpaired) electrons. The van der Waals surface area contributed by atoms with Crippen LogP contribution in [0.1, 0.15) is 62.5 Å². The van der Waals surface area contributed by atoms with Crippen LogP contribution in [0, 0.1) is 6.92 Å². The van der Waals surface area contributed by atoms with Crippen molar-refractivity contribution in [2.24, 2.45) is 0 Å². The third-order valence-electron chi connectivity index (χ3n) is 7.71. The van der Waals surface area contributed by atoms with E-state index < -0.39 is 5.92 Å². The van der Waals surface area contributed by atoms with E-state index in [2.05, 4.69) is 10.2 Å². The molecule has 0 saturated heterocycles. The number of nitrogens with zero attached hydrogens (tertiary/aromatic N) is 1. The highest BCUT2D eigenvalue weighted by Crippen LogP contribution is 2.50. The number of rotatable bonds is 7. The van der Waals surface area contributed by atoms with Gasteiger partial charge < -0.3 is 19.7 Å². The topological polar surface area (TPSA) is 84.9 Å². The zero-order valence-electron chi connectivity index (χ0n) is 22.9. The van der Waals surface area contributed by atoms with E-state index in [1.54, 1.807) is 24.3 Å². The summed E-state index contributed by atoms with van der Waals surface area (Å²) in [7, 11) is 1.96. The molecule has 210 valence electrons. The smallest absolute Gasteiger partial charge is 0.262 e. The van der Waals surface area contributed by atoms with Crippen LogP contribution < -0.4 is 14.8 Å². The van der Waals surface area contributed by atoms with Crippen molar-refractivity contribution in [2.45, 2.75) is 58.3 Å². The van der Waals surface area contributed by atoms with Gasteiger partial charge in [-0.1, -0.05) is 29.3 Å². The minimum atomic E-state index is -0.512. The molecular formula is C31H32Cl2N2O5. The van der Waals surface area contributed by atoms with Crippen LogP contribution in [0.5, 0.6) is 11.5 Å². The zero-order chi connectivity index (χ0) is 28.6. The van der Waals surface area contributed by atoms with E-state index in [4.69, 9.17) is 32.7 Å². The molecule has 0 bridgehead atoms. The highest BCUT2D eigenvalue weighted by molar-refractivity contribution is 6.32. The van der Waals surface area contributed by atoms with Crippen molar-refractivity contribution < 1.29 is 23.9 Å². The molecule has 0 aromatic heterocycles. The van der Waals surface area contributed by atoms with Crippen molar-refractivity contribution in [1.29, 1.82) is 0 Å². The maximum Gasteiger partial charge on any atom is 0.262 e. The average Bonchev–Trinajstić information content (AvgIpc) is 2.91. The highest BCUT2D eigenvalue weighted by Gasteiger charge is 2.42. The number of hydrogen-bond donors (Lipinski definition) is 1. The number of carbonyl (C=O) groups excluding carboxylic acids is 3. The van der Waals surface area contributed by atoms with E-state index in [0.717, 1.165) is 42.6 Å². The number of halogens is 2. The van der Waals surface area contributed by atoms with Crippen molar-refractivity contribution in [3.63, 3.8) is 0 Å². The SMILES string of the molecule is CCOc1cc(C2C3=C(CCCC3=O)N(C)C3=C2C(=O)CCC3)cc(Cl)c1OCC(=O)Nc1ccc(C)c(Cl)c1. The Bertz CT molecular complexity index is 1420. The molecule has 3 aliphatic rings. The lowest BCUT2D eigenvalue weighted by atomic mass is 9.71. The summed E-state index contributed by atoms with van der Waals surface area (Å²) in [5.74, 6) is -0.197. The van der Waals surface area contributed by atoms with Gasteiger partial charge in [-0.2, -0.15) is 0 Å². The lowest BCUT2D eigenvalue weighted by Gasteiger charge is -2.42. The molecule has 1 aliphatic heterocycles. The van der Waals surface area contributed by atoms with Gasteiger partial charge in [0.05, 0.1) is 11.6 Å². The molecule has 9 heteroatoms. The first-order valence-corrected chi connectivity index (χ1v) is 14.4. The Morgan fingerprint density at radius 1 is 0.950 bits per heavy atom. The molecule has 2 aromatic rings. The second kappa shape index (κ2) is 11.7. The minimum Gasteiger partial charge on any atom is -0.490 e. The molecule has 1 heterocycles. The van der Waals surface area contributed by atoms with Crippen LogP contribution in [0.25, 0.3) is 0 Å². The number of carbonyl (C=O) groups is 3. The lowest BCUT2D eigenvalue weighted by Crippen LogP contribution is -2.37. The van der Waals surface area contributed by atoms with Crippen molar-refractivity contribution >= 4 is 46.4 Å². The number of ether oxygens (including phenoxy) is 2. The molecule has 1 N–H and O–H groups in total. The summed E-state index contributed by atoms with van der Waals surface area (Å²) in [6.45, 7) is 3.74. The Balaban J connectivity index is 1.48. The summed E-state index contributed by atoms with van der Waals surface area (Å²) in [4.78, 5) is 41.3. The van der Waals surface area contributed by atoms with Crippen LogP contribution in [-0.4, -0.2) is 42.6 Å². The normalized spacial score (nSPS) is 17.6. The van der Waals surface area contributed by atoms with E-state index in [1.165, 1.54) is 0 Å². The quantitative estimate of drug-likeness (QED) is 0.388. The van der Waals surface area contributed by atoms with Gasteiger partial charge in [0.15, 0.2) is 29.7 Å². The largest absolute Gasteiger partial charge is 0.490 e. The molecule has 2 aromatic carbocycles. The highest BCUT2D eigenvalue weighted by atomic mass is 35.5. The summed E-state index contributed by atoms with van der Waals surface area (Å²) >= 11 is 12.9. The zero-order valence-corrected chi connectivity index (χ0v) is 24.4. The number of ketones is 2. The van der Waals surface area contributed by atoms with Gasteiger partial charge in [0, 0.05) is 59.1 Å². The average molecular weight is 584 g/mol. The van der Waals surface area contributed by atoms with Gasteiger partial charge in [0.2, 0.25) is 0 Å². The van der Waals surface area contributed by atoms with Gasteiger partial charge in [-0.3, -0.25) is 14.4 Å². The molecule has 5 rings (SSSR count). The molecule has 0 saturated carbocycles. The van der Waals surface area contributed by atoms with Crippen molar-refractivity contribution in [3.8, 4) is 11.5 Å². The number of benzene rings is 2. The predicted molar refractivity (Wildman–Crippen MR) is 155 cm³/mol. The van der Waals surface area contributed by atoms with Crippen molar-refractivity contribution in [3.05, 3.63) is 74.0 Å². The van der Waals surface area contributed by atoms with Gasteiger partial charge in [0.25, 0.3) is 5.91 Å². The maximum absolute atomic E-state index is 13.3. The summed E-state index contributed by atoms with van der Waals surface area (Å²) < 4.78 is 11.8. The number of nitrogens with one attached hydrogen (secondary N) is 1. The van der Waals surface area contributed by atoms with Crippen LogP contribution in [-0.2, 0) is 14.4 Å². The first-order valence-electron chi connectivity index (χ1n) is 13.6. The third kappa shape index (κ3) is 5.37. The second-order valence-electron chi connectivity index (χ2n) is 10.3. The first-order chi connectivity index (χ1) is 19.2. The first kappa shape index (κ1) is 28.2. The summed E-state index contributed by atoms with van der Waals surface area (Å²) in [6, 6.07) is 8.78. The molecule has 1 amide bonds. The van der Waals surface area contributed by atoms with E-state index >= 15 is 0 Å². The van der Waals surface area contributed by atoms with Gasteiger partial charge >= 0.3 is 0 Å². The molecule has 0 unspecified atom stereocenters. The fraction of sp³-hybridized carbons (Fsp3) is 0.387. The van der Waals surface area contributed by atoms with Crippen LogP contribution in [0.4, 0.5) is 5.69 Å². The maximum atomic E-state index is 13.3. The molecule has 7 nitrogen and oxygen atoms in total. The molecule has 40 heavy (non-hydrogen) atoms. The fourth-order valence-corrected chi connectivity index (χ4v) is 6.30. The van der Waals surface area contributed by atoms with Crippen molar-refractivity contribution in [2.75, 3.05) is 25.6 Å².